The van der Waals surface area contributed by atoms with Gasteiger partial charge in [-0.3, -0.25) is 0 Å². The Morgan fingerprint density at radius 1 is 1.20 bits per heavy atom. The average molecular weight is 215 g/mol. The van der Waals surface area contributed by atoms with Gasteiger partial charge >= 0.3 is 6.09 Å². The molecule has 15 heavy (non-hydrogen) atoms. The molecule has 0 atom stereocenters. The van der Waals surface area contributed by atoms with Crippen LogP contribution in [0, 0.1) is 5.92 Å². The molecule has 1 amide bonds. The molecule has 0 aromatic rings. The Hall–Kier alpha value is -0.730. The maximum absolute atomic E-state index is 10.9. The van der Waals surface area contributed by atoms with Gasteiger partial charge in [-0.2, -0.15) is 0 Å². The number of alkyl carbamates (subject to hydrolysis) is 1. The Morgan fingerprint density at radius 2 is 1.87 bits per heavy atom. The minimum atomic E-state index is -0.292. The lowest BCUT2D eigenvalue weighted by Crippen LogP contribution is -2.25. The van der Waals surface area contributed by atoms with E-state index in [1.54, 1.807) is 0 Å². The minimum absolute atomic E-state index is 0.292. The van der Waals surface area contributed by atoms with Crippen LogP contribution in [0.5, 0.6) is 0 Å². The Labute approximate surface area is 93.6 Å². The molecule has 0 aliphatic heterocycles. The van der Waals surface area contributed by atoms with E-state index < -0.39 is 0 Å². The molecule has 0 bridgehead atoms. The number of amides is 1. The Bertz CT molecular complexity index is 158. The summed E-state index contributed by atoms with van der Waals surface area (Å²) in [5.74, 6) is 0.808. The van der Waals surface area contributed by atoms with Gasteiger partial charge in [-0.1, -0.05) is 39.5 Å². The molecule has 3 heteroatoms. The van der Waals surface area contributed by atoms with Crippen molar-refractivity contribution in [2.75, 3.05) is 13.2 Å². The molecule has 0 aromatic carbocycles. The van der Waals surface area contributed by atoms with Crippen LogP contribution < -0.4 is 5.32 Å². The summed E-state index contributed by atoms with van der Waals surface area (Å²) in [7, 11) is 0. The highest BCUT2D eigenvalue weighted by molar-refractivity contribution is 5.66. The van der Waals surface area contributed by atoms with E-state index in [0.717, 1.165) is 18.9 Å². The summed E-state index contributed by atoms with van der Waals surface area (Å²) in [6.45, 7) is 7.50. The predicted molar refractivity (Wildman–Crippen MR) is 62.9 cm³/mol. The second-order valence-corrected chi connectivity index (χ2v) is 4.24. The van der Waals surface area contributed by atoms with Gasteiger partial charge < -0.3 is 10.1 Å². The van der Waals surface area contributed by atoms with Crippen molar-refractivity contribution >= 4 is 6.09 Å². The lowest BCUT2D eigenvalue weighted by molar-refractivity contribution is 0.152. The molecular weight excluding hydrogens is 190 g/mol. The van der Waals surface area contributed by atoms with Crippen LogP contribution in [0.3, 0.4) is 0 Å². The van der Waals surface area contributed by atoms with Crippen molar-refractivity contribution < 1.29 is 9.53 Å². The zero-order valence-electron chi connectivity index (χ0n) is 10.3. The molecule has 0 saturated heterocycles. The summed E-state index contributed by atoms with van der Waals surface area (Å²) in [6, 6.07) is 0. The third kappa shape index (κ3) is 11.2. The second kappa shape index (κ2) is 9.81. The standard InChI is InChI=1S/C12H25NO2/c1-4-15-12(14)13-10-8-6-5-7-9-11(2)3/h11H,4-10H2,1-3H3,(H,13,14). The smallest absolute Gasteiger partial charge is 0.407 e. The van der Waals surface area contributed by atoms with Crippen LogP contribution in [0.4, 0.5) is 4.79 Å². The molecule has 0 fully saturated rings. The van der Waals surface area contributed by atoms with Crippen LogP contribution in [0.1, 0.15) is 52.9 Å². The summed E-state index contributed by atoms with van der Waals surface area (Å²) in [6.07, 6.45) is 5.83. The second-order valence-electron chi connectivity index (χ2n) is 4.24. The van der Waals surface area contributed by atoms with Crippen molar-refractivity contribution in [2.24, 2.45) is 5.92 Å². The number of carbonyl (C=O) groups is 1. The number of rotatable bonds is 8. The van der Waals surface area contributed by atoms with Crippen LogP contribution in [0.25, 0.3) is 0 Å². The molecule has 0 aromatic heterocycles. The van der Waals surface area contributed by atoms with Crippen molar-refractivity contribution in [3.63, 3.8) is 0 Å². The number of ether oxygens (including phenoxy) is 1. The summed E-state index contributed by atoms with van der Waals surface area (Å²) in [5.41, 5.74) is 0. The fourth-order valence-electron chi connectivity index (χ4n) is 1.40. The van der Waals surface area contributed by atoms with Crippen LogP contribution in [-0.2, 0) is 4.74 Å². The highest BCUT2D eigenvalue weighted by Gasteiger charge is 1.98. The highest BCUT2D eigenvalue weighted by Crippen LogP contribution is 2.08. The van der Waals surface area contributed by atoms with Crippen molar-refractivity contribution in [3.05, 3.63) is 0 Å². The quantitative estimate of drug-likeness (QED) is 0.631. The zero-order chi connectivity index (χ0) is 11.5. The average Bonchev–Trinajstić information content (AvgIpc) is 2.16. The van der Waals surface area contributed by atoms with Gasteiger partial charge in [0.05, 0.1) is 6.61 Å². The monoisotopic (exact) mass is 215 g/mol. The molecular formula is C12H25NO2. The van der Waals surface area contributed by atoms with Crippen molar-refractivity contribution in [1.29, 1.82) is 0 Å². The van der Waals surface area contributed by atoms with E-state index in [-0.39, 0.29) is 6.09 Å². The number of nitrogens with one attached hydrogen (secondary N) is 1. The Morgan fingerprint density at radius 3 is 2.47 bits per heavy atom. The molecule has 0 saturated carbocycles. The number of carbonyl (C=O) groups excluding carboxylic acids is 1. The first-order valence-corrected chi connectivity index (χ1v) is 6.07. The summed E-state index contributed by atoms with van der Waals surface area (Å²) < 4.78 is 4.75. The Balaban J connectivity index is 3.08. The molecule has 0 radical (unpaired) electrons. The van der Waals surface area contributed by atoms with E-state index in [1.165, 1.54) is 25.7 Å². The molecule has 90 valence electrons. The van der Waals surface area contributed by atoms with E-state index >= 15 is 0 Å². The molecule has 3 nitrogen and oxygen atoms in total. The lowest BCUT2D eigenvalue weighted by Gasteiger charge is -2.06. The van der Waals surface area contributed by atoms with Crippen LogP contribution in [-0.4, -0.2) is 19.2 Å². The third-order valence-corrected chi connectivity index (χ3v) is 2.25. The molecule has 1 N–H and O–H groups in total. The van der Waals surface area contributed by atoms with Gasteiger partial charge in [-0.15, -0.1) is 0 Å². The summed E-state index contributed by atoms with van der Waals surface area (Å²) in [5, 5.41) is 2.72. The van der Waals surface area contributed by atoms with E-state index in [4.69, 9.17) is 4.74 Å². The van der Waals surface area contributed by atoms with Crippen LogP contribution >= 0.6 is 0 Å². The van der Waals surface area contributed by atoms with Crippen LogP contribution in [0.2, 0.25) is 0 Å². The lowest BCUT2D eigenvalue weighted by atomic mass is 10.0. The number of unbranched alkanes of at least 4 members (excludes halogenated alkanes) is 3. The zero-order valence-corrected chi connectivity index (χ0v) is 10.3. The maximum atomic E-state index is 10.9. The topological polar surface area (TPSA) is 38.3 Å². The van der Waals surface area contributed by atoms with Crippen LogP contribution in [0.15, 0.2) is 0 Å². The van der Waals surface area contributed by atoms with Gasteiger partial charge in [0.15, 0.2) is 0 Å². The van der Waals surface area contributed by atoms with Gasteiger partial charge in [0, 0.05) is 6.54 Å². The molecule has 0 unspecified atom stereocenters. The Kier molecular flexibility index (Phi) is 9.33. The largest absolute Gasteiger partial charge is 0.450 e. The highest BCUT2D eigenvalue weighted by atomic mass is 16.5. The predicted octanol–water partition coefficient (Wildman–Crippen LogP) is 3.34. The molecule has 0 spiro atoms. The van der Waals surface area contributed by atoms with Gasteiger partial charge in [0.1, 0.15) is 0 Å². The first kappa shape index (κ1) is 14.3. The first-order valence-electron chi connectivity index (χ1n) is 6.07. The van der Waals surface area contributed by atoms with E-state index in [9.17, 15) is 4.79 Å². The van der Waals surface area contributed by atoms with E-state index in [0.29, 0.717) is 6.61 Å². The van der Waals surface area contributed by atoms with Gasteiger partial charge in [-0.25, -0.2) is 4.79 Å². The fraction of sp³-hybridized carbons (Fsp3) is 0.917. The van der Waals surface area contributed by atoms with Gasteiger partial charge in [-0.05, 0) is 19.3 Å². The van der Waals surface area contributed by atoms with Crippen molar-refractivity contribution in [1.82, 2.24) is 5.32 Å². The summed E-state index contributed by atoms with van der Waals surface area (Å²) in [4.78, 5) is 10.9. The molecule has 0 rings (SSSR count). The first-order chi connectivity index (χ1) is 7.16. The molecule has 0 aliphatic rings. The van der Waals surface area contributed by atoms with E-state index in [2.05, 4.69) is 19.2 Å². The molecule has 0 heterocycles. The number of hydrogen-bond donors (Lipinski definition) is 1. The fourth-order valence-corrected chi connectivity index (χ4v) is 1.40. The third-order valence-electron chi connectivity index (χ3n) is 2.25. The minimum Gasteiger partial charge on any atom is -0.450 e. The summed E-state index contributed by atoms with van der Waals surface area (Å²) >= 11 is 0. The molecule has 0 aliphatic carbocycles. The van der Waals surface area contributed by atoms with Gasteiger partial charge in [0.25, 0.3) is 0 Å². The van der Waals surface area contributed by atoms with Crippen molar-refractivity contribution in [3.8, 4) is 0 Å². The normalized spacial score (nSPS) is 10.4. The van der Waals surface area contributed by atoms with Gasteiger partial charge in [0.2, 0.25) is 0 Å². The number of hydrogen-bond acceptors (Lipinski definition) is 2. The maximum Gasteiger partial charge on any atom is 0.407 e. The van der Waals surface area contributed by atoms with E-state index in [1.807, 2.05) is 6.92 Å². The SMILES string of the molecule is CCOC(=O)NCCCCCCC(C)C. The van der Waals surface area contributed by atoms with Crippen molar-refractivity contribution in [2.45, 2.75) is 52.9 Å².